The second-order valence-corrected chi connectivity index (χ2v) is 12.9. The van der Waals surface area contributed by atoms with E-state index in [1.54, 1.807) is 12.1 Å². The first kappa shape index (κ1) is 26.4. The van der Waals surface area contributed by atoms with E-state index in [-0.39, 0.29) is 11.2 Å². The number of methoxy groups -OCH3 is 1. The van der Waals surface area contributed by atoms with Gasteiger partial charge in [-0.2, -0.15) is 0 Å². The molecule has 198 valence electrons. The van der Waals surface area contributed by atoms with Crippen molar-refractivity contribution in [2.45, 2.75) is 33.1 Å². The first-order valence-electron chi connectivity index (χ1n) is 13.0. The van der Waals surface area contributed by atoms with Gasteiger partial charge in [-0.15, -0.1) is 0 Å². The highest BCUT2D eigenvalue weighted by molar-refractivity contribution is 6.80. The smallest absolute Gasteiger partial charge is 0.276 e. The van der Waals surface area contributed by atoms with E-state index in [0.29, 0.717) is 22.5 Å². The van der Waals surface area contributed by atoms with Gasteiger partial charge in [0, 0.05) is 11.5 Å². The molecule has 5 rings (SSSR count). The van der Waals surface area contributed by atoms with Crippen molar-refractivity contribution in [1.29, 1.82) is 0 Å². The second-order valence-electron chi connectivity index (χ2n) is 10.6. The number of aryl methyl sites for hydroxylation is 1. The number of hydrogen-bond acceptors (Lipinski definition) is 6. The van der Waals surface area contributed by atoms with E-state index < -0.39 is 9.04 Å². The molecule has 39 heavy (non-hydrogen) atoms. The number of rotatable bonds is 7. The maximum absolute atomic E-state index is 10.4. The van der Waals surface area contributed by atoms with E-state index in [2.05, 4.69) is 75.1 Å². The van der Waals surface area contributed by atoms with Gasteiger partial charge in [0.1, 0.15) is 6.33 Å². The largest absolute Gasteiger partial charge is 0.504 e. The van der Waals surface area contributed by atoms with Crippen molar-refractivity contribution in [2.75, 3.05) is 12.2 Å². The van der Waals surface area contributed by atoms with Crippen LogP contribution in [0.4, 0.5) is 11.5 Å². The molecular weight excluding hydrogens is 502 g/mol. The molecule has 0 atom stereocenters. The summed E-state index contributed by atoms with van der Waals surface area (Å²) in [5, 5.41) is 15.3. The lowest BCUT2D eigenvalue weighted by Crippen LogP contribution is -2.48. The van der Waals surface area contributed by atoms with Crippen LogP contribution in [0.15, 0.2) is 97.3 Å². The monoisotopic (exact) mass is 535 g/mol. The molecule has 0 radical (unpaired) electrons. The maximum atomic E-state index is 10.4. The zero-order valence-corrected chi connectivity index (χ0v) is 24.1. The highest BCUT2D eigenvalue weighted by Crippen LogP contribution is 2.38. The summed E-state index contributed by atoms with van der Waals surface area (Å²) in [6.07, 6.45) is 1.50. The Bertz CT molecular complexity index is 1550. The van der Waals surface area contributed by atoms with E-state index in [4.69, 9.17) is 14.2 Å². The fourth-order valence-corrected chi connectivity index (χ4v) is 7.04. The molecule has 0 saturated heterocycles. The molecule has 0 aliphatic carbocycles. The van der Waals surface area contributed by atoms with Crippen LogP contribution in [0.25, 0.3) is 10.9 Å². The molecule has 0 spiro atoms. The summed E-state index contributed by atoms with van der Waals surface area (Å²) in [6.45, 7) is 8.77. The number of aromatic hydroxyl groups is 1. The Morgan fingerprint density at radius 1 is 0.821 bits per heavy atom. The van der Waals surface area contributed by atoms with Crippen LogP contribution in [-0.4, -0.2) is 31.2 Å². The standard InChI is InChI=1S/C32H33N3O3Si/c1-22-16-17-23(18-27(22)32(2,3)4)35(31-26-19-30(37-5)29(36)20-28(26)33-21-34-31)38-39(24-12-8-6-9-13-24)25-14-10-7-11-15-25/h6-21,36,39H,1-5H3. The van der Waals surface area contributed by atoms with E-state index in [1.807, 2.05) is 41.5 Å². The Labute approximate surface area is 231 Å². The third-order valence-electron chi connectivity index (χ3n) is 6.79. The molecule has 0 aliphatic heterocycles. The topological polar surface area (TPSA) is 67.7 Å². The third-order valence-corrected chi connectivity index (χ3v) is 9.19. The number of hydrogen-bond donors (Lipinski definition) is 1. The van der Waals surface area contributed by atoms with Gasteiger partial charge < -0.3 is 14.4 Å². The van der Waals surface area contributed by atoms with Crippen molar-refractivity contribution in [2.24, 2.45) is 0 Å². The number of phenols is 1. The second kappa shape index (κ2) is 10.9. The predicted molar refractivity (Wildman–Crippen MR) is 160 cm³/mol. The summed E-state index contributed by atoms with van der Waals surface area (Å²) in [5.41, 5.74) is 3.82. The maximum Gasteiger partial charge on any atom is 0.276 e. The fraction of sp³-hybridized carbons (Fsp3) is 0.188. The summed E-state index contributed by atoms with van der Waals surface area (Å²) in [4.78, 5) is 9.14. The van der Waals surface area contributed by atoms with Crippen LogP contribution in [0.2, 0.25) is 0 Å². The molecule has 0 fully saturated rings. The molecule has 1 aromatic heterocycles. The summed E-state index contributed by atoms with van der Waals surface area (Å²) in [5.74, 6) is 0.942. The Kier molecular flexibility index (Phi) is 7.37. The number of anilines is 2. The van der Waals surface area contributed by atoms with E-state index in [0.717, 1.165) is 16.1 Å². The lowest BCUT2D eigenvalue weighted by Gasteiger charge is -2.31. The van der Waals surface area contributed by atoms with Crippen LogP contribution < -0.4 is 20.2 Å². The number of phenolic OH excluding ortho intramolecular Hbond substituents is 1. The van der Waals surface area contributed by atoms with Gasteiger partial charge in [-0.1, -0.05) is 87.5 Å². The van der Waals surface area contributed by atoms with Gasteiger partial charge in [-0.25, -0.2) is 15.0 Å². The van der Waals surface area contributed by atoms with E-state index in [1.165, 1.54) is 24.6 Å². The minimum Gasteiger partial charge on any atom is -0.504 e. The van der Waals surface area contributed by atoms with Crippen LogP contribution in [0.3, 0.4) is 0 Å². The SMILES string of the molecule is COc1cc2c(N(O[SiH](c3ccccc3)c3ccccc3)c3ccc(C)c(C(C)(C)C)c3)ncnc2cc1O. The van der Waals surface area contributed by atoms with Gasteiger partial charge >= 0.3 is 0 Å². The molecule has 0 bridgehead atoms. The average molecular weight is 536 g/mol. The van der Waals surface area contributed by atoms with Crippen molar-refractivity contribution in [3.8, 4) is 11.5 Å². The van der Waals surface area contributed by atoms with Gasteiger partial charge in [0.2, 0.25) is 0 Å². The number of aromatic nitrogens is 2. The molecule has 4 aromatic carbocycles. The zero-order chi connectivity index (χ0) is 27.6. The van der Waals surface area contributed by atoms with Crippen molar-refractivity contribution in [3.63, 3.8) is 0 Å². The number of benzene rings is 4. The molecule has 6 nitrogen and oxygen atoms in total. The Morgan fingerprint density at radius 2 is 1.46 bits per heavy atom. The van der Waals surface area contributed by atoms with Gasteiger partial charge in [0.25, 0.3) is 9.04 Å². The Hall–Kier alpha value is -4.20. The lowest BCUT2D eigenvalue weighted by atomic mass is 9.84. The quantitative estimate of drug-likeness (QED) is 0.218. The molecule has 0 aliphatic rings. The third kappa shape index (κ3) is 5.50. The molecular formula is C32H33N3O3Si. The number of nitrogens with zero attached hydrogens (tertiary/aromatic N) is 3. The lowest BCUT2D eigenvalue weighted by molar-refractivity contribution is 0.337. The van der Waals surface area contributed by atoms with Gasteiger partial charge in [0.05, 0.1) is 18.3 Å². The van der Waals surface area contributed by atoms with Crippen molar-refractivity contribution in [1.82, 2.24) is 9.97 Å². The molecule has 0 unspecified atom stereocenters. The molecule has 1 heterocycles. The number of fused-ring (bicyclic) bond motifs is 1. The fourth-order valence-electron chi connectivity index (χ4n) is 4.84. The summed E-state index contributed by atoms with van der Waals surface area (Å²) >= 11 is 0. The summed E-state index contributed by atoms with van der Waals surface area (Å²) < 4.78 is 12.5. The highest BCUT2D eigenvalue weighted by atomic mass is 28.3. The van der Waals surface area contributed by atoms with Gasteiger partial charge in [0.15, 0.2) is 17.3 Å². The van der Waals surface area contributed by atoms with Crippen molar-refractivity contribution < 1.29 is 14.4 Å². The summed E-state index contributed by atoms with van der Waals surface area (Å²) in [7, 11) is -0.713. The minimum absolute atomic E-state index is 0.0216. The van der Waals surface area contributed by atoms with E-state index >= 15 is 0 Å². The normalized spacial score (nSPS) is 11.6. The van der Waals surface area contributed by atoms with Crippen LogP contribution in [0.5, 0.6) is 11.5 Å². The van der Waals surface area contributed by atoms with Crippen molar-refractivity contribution in [3.05, 3.63) is 108 Å². The molecule has 7 heteroatoms. The zero-order valence-electron chi connectivity index (χ0n) is 22.9. The molecule has 0 amide bonds. The summed E-state index contributed by atoms with van der Waals surface area (Å²) in [6, 6.07) is 30.4. The predicted octanol–water partition coefficient (Wildman–Crippen LogP) is 5.56. The van der Waals surface area contributed by atoms with Crippen LogP contribution in [0.1, 0.15) is 31.9 Å². The van der Waals surface area contributed by atoms with Gasteiger partial charge in [-0.3, -0.25) is 0 Å². The first-order valence-corrected chi connectivity index (χ1v) is 14.6. The van der Waals surface area contributed by atoms with Gasteiger partial charge in [-0.05, 0) is 52.0 Å². The van der Waals surface area contributed by atoms with Crippen LogP contribution >= 0.6 is 0 Å². The van der Waals surface area contributed by atoms with E-state index in [9.17, 15) is 5.11 Å². The Morgan fingerprint density at radius 3 is 2.05 bits per heavy atom. The minimum atomic E-state index is -2.24. The number of ether oxygens (including phenoxy) is 1. The highest BCUT2D eigenvalue weighted by Gasteiger charge is 2.27. The van der Waals surface area contributed by atoms with Crippen molar-refractivity contribution >= 4 is 41.8 Å². The molecule has 1 N–H and O–H groups in total. The van der Waals surface area contributed by atoms with Crippen LogP contribution in [-0.2, 0) is 9.94 Å². The molecule has 0 saturated carbocycles. The average Bonchev–Trinajstić information content (AvgIpc) is 2.94. The van der Waals surface area contributed by atoms with Crippen LogP contribution in [0, 0.1) is 6.92 Å². The first-order chi connectivity index (χ1) is 18.8. The Balaban J connectivity index is 1.75. The molecule has 5 aromatic rings.